The number of aromatic amines is 1. The van der Waals surface area contributed by atoms with Gasteiger partial charge in [0, 0.05) is 44.1 Å². The van der Waals surface area contributed by atoms with Crippen LogP contribution in [0.5, 0.6) is 11.5 Å². The number of methoxy groups -OCH3 is 1. The van der Waals surface area contributed by atoms with E-state index in [9.17, 15) is 4.79 Å². The molecule has 0 aliphatic heterocycles. The molecule has 0 saturated carbocycles. The highest BCUT2D eigenvalue weighted by molar-refractivity contribution is 6.76. The third kappa shape index (κ3) is 5.75. The zero-order chi connectivity index (χ0) is 25.0. The lowest BCUT2D eigenvalue weighted by Crippen LogP contribution is -2.22. The van der Waals surface area contributed by atoms with E-state index in [4.69, 9.17) is 14.2 Å². The summed E-state index contributed by atoms with van der Waals surface area (Å²) in [7, 11) is 0.401. The number of aromatic nitrogens is 2. The highest BCUT2D eigenvalue weighted by Gasteiger charge is 2.22. The van der Waals surface area contributed by atoms with Gasteiger partial charge in [-0.2, -0.15) is 0 Å². The summed E-state index contributed by atoms with van der Waals surface area (Å²) in [5.41, 5.74) is 3.26. The number of nitrogens with one attached hydrogen (secondary N) is 1. The second-order valence-corrected chi connectivity index (χ2v) is 15.6. The van der Waals surface area contributed by atoms with Crippen LogP contribution in [0.25, 0.3) is 22.0 Å². The van der Waals surface area contributed by atoms with E-state index in [1.807, 2.05) is 67.6 Å². The van der Waals surface area contributed by atoms with Crippen LogP contribution in [0, 0.1) is 6.92 Å². The molecule has 35 heavy (non-hydrogen) atoms. The molecule has 0 atom stereocenters. The van der Waals surface area contributed by atoms with Crippen LogP contribution in [0.4, 0.5) is 0 Å². The second kappa shape index (κ2) is 10.6. The van der Waals surface area contributed by atoms with Gasteiger partial charge in [0.2, 0.25) is 0 Å². The fourth-order valence-electron chi connectivity index (χ4n) is 4.19. The van der Waals surface area contributed by atoms with Crippen LogP contribution >= 0.6 is 0 Å². The predicted octanol–water partition coefficient (Wildman–Crippen LogP) is 6.56. The molecule has 2 heterocycles. The van der Waals surface area contributed by atoms with Crippen molar-refractivity contribution in [3.63, 3.8) is 0 Å². The first kappa shape index (κ1) is 25.0. The highest BCUT2D eigenvalue weighted by Crippen LogP contribution is 2.39. The maximum atomic E-state index is 13.1. The second-order valence-electron chi connectivity index (χ2n) is 9.97. The Bertz CT molecular complexity index is 1350. The molecule has 2 aromatic heterocycles. The minimum absolute atomic E-state index is 0.129. The molecule has 0 radical (unpaired) electrons. The zero-order valence-electron chi connectivity index (χ0n) is 21.2. The number of aryl methyl sites for hydroxylation is 1. The van der Waals surface area contributed by atoms with Gasteiger partial charge >= 0.3 is 0 Å². The molecule has 4 rings (SSSR count). The topological polar surface area (TPSA) is 65.5 Å². The van der Waals surface area contributed by atoms with Crippen molar-refractivity contribution in [3.05, 3.63) is 82.4 Å². The summed E-state index contributed by atoms with van der Waals surface area (Å²) in [6.07, 6.45) is 0. The summed E-state index contributed by atoms with van der Waals surface area (Å²) in [5.74, 6) is 1.47. The fourth-order valence-corrected chi connectivity index (χ4v) is 4.95. The third-order valence-electron chi connectivity index (χ3n) is 6.01. The highest BCUT2D eigenvalue weighted by atomic mass is 28.3. The minimum atomic E-state index is -1.22. The smallest absolute Gasteiger partial charge is 0.257 e. The molecule has 4 aromatic rings. The van der Waals surface area contributed by atoms with Gasteiger partial charge in [-0.25, -0.2) is 0 Å². The number of pyridine rings is 1. The average Bonchev–Trinajstić information content (AvgIpc) is 3.09. The SMILES string of the molecule is COCc1cc2c(-c3ccccc3Oc3ccccc3)n(COCC[Si](C)(C)C)c(C)c2c(=O)[nH]1. The lowest BCUT2D eigenvalue weighted by Gasteiger charge is -2.18. The first-order chi connectivity index (χ1) is 16.8. The van der Waals surface area contributed by atoms with Gasteiger partial charge in [-0.1, -0.05) is 50.0 Å². The predicted molar refractivity (Wildman–Crippen MR) is 144 cm³/mol. The fraction of sp³-hybridized carbons (Fsp3) is 0.321. The number of fused-ring (bicyclic) bond motifs is 1. The van der Waals surface area contributed by atoms with Gasteiger partial charge in [-0.05, 0) is 43.3 Å². The molecule has 0 fully saturated rings. The van der Waals surface area contributed by atoms with Gasteiger partial charge in [0.05, 0.1) is 17.7 Å². The van der Waals surface area contributed by atoms with Crippen LogP contribution in [0.15, 0.2) is 65.5 Å². The lowest BCUT2D eigenvalue weighted by molar-refractivity contribution is 0.0875. The molecule has 0 spiro atoms. The zero-order valence-corrected chi connectivity index (χ0v) is 22.2. The molecule has 0 bridgehead atoms. The van der Waals surface area contributed by atoms with Gasteiger partial charge in [0.15, 0.2) is 0 Å². The summed E-state index contributed by atoms with van der Waals surface area (Å²) < 4.78 is 19.9. The van der Waals surface area contributed by atoms with Crippen LogP contribution < -0.4 is 10.3 Å². The molecule has 0 unspecified atom stereocenters. The Kier molecular flexibility index (Phi) is 7.59. The van der Waals surface area contributed by atoms with Crippen molar-refractivity contribution in [2.75, 3.05) is 13.7 Å². The minimum Gasteiger partial charge on any atom is -0.457 e. The third-order valence-corrected chi connectivity index (χ3v) is 7.71. The van der Waals surface area contributed by atoms with E-state index in [2.05, 4.69) is 29.2 Å². The number of hydrogen-bond acceptors (Lipinski definition) is 4. The van der Waals surface area contributed by atoms with Crippen LogP contribution in [-0.4, -0.2) is 31.3 Å². The van der Waals surface area contributed by atoms with E-state index >= 15 is 0 Å². The van der Waals surface area contributed by atoms with Crippen molar-refractivity contribution in [2.24, 2.45) is 0 Å². The monoisotopic (exact) mass is 490 g/mol. The van der Waals surface area contributed by atoms with Gasteiger partial charge in [-0.15, -0.1) is 0 Å². The Morgan fingerprint density at radius 3 is 2.43 bits per heavy atom. The Morgan fingerprint density at radius 2 is 1.71 bits per heavy atom. The Morgan fingerprint density at radius 1 is 1.00 bits per heavy atom. The number of rotatable bonds is 10. The van der Waals surface area contributed by atoms with Gasteiger partial charge in [-0.3, -0.25) is 4.79 Å². The Hall–Kier alpha value is -3.13. The lowest BCUT2D eigenvalue weighted by atomic mass is 10.1. The number of hydrogen-bond donors (Lipinski definition) is 1. The summed E-state index contributed by atoms with van der Waals surface area (Å²) in [6.45, 7) is 10.4. The summed E-state index contributed by atoms with van der Waals surface area (Å²) in [4.78, 5) is 16.1. The van der Waals surface area contributed by atoms with E-state index in [1.54, 1.807) is 7.11 Å². The van der Waals surface area contributed by atoms with Crippen LogP contribution in [0.1, 0.15) is 11.4 Å². The largest absolute Gasteiger partial charge is 0.457 e. The number of benzene rings is 2. The van der Waals surface area contributed by atoms with E-state index in [-0.39, 0.29) is 5.56 Å². The van der Waals surface area contributed by atoms with E-state index in [1.165, 1.54) is 0 Å². The number of nitrogens with zero attached hydrogens (tertiary/aromatic N) is 1. The average molecular weight is 491 g/mol. The molecule has 2 aromatic carbocycles. The maximum absolute atomic E-state index is 13.1. The van der Waals surface area contributed by atoms with Crippen LogP contribution in [-0.2, 0) is 22.8 Å². The molecule has 7 heteroatoms. The van der Waals surface area contributed by atoms with E-state index in [0.29, 0.717) is 25.3 Å². The number of ether oxygens (including phenoxy) is 3. The summed E-state index contributed by atoms with van der Waals surface area (Å²) in [6, 6.07) is 20.7. The summed E-state index contributed by atoms with van der Waals surface area (Å²) in [5, 5.41) is 1.51. The van der Waals surface area contributed by atoms with Crippen molar-refractivity contribution in [1.82, 2.24) is 9.55 Å². The molecule has 6 nitrogen and oxygen atoms in total. The van der Waals surface area contributed by atoms with Gasteiger partial charge in [0.25, 0.3) is 5.56 Å². The standard InChI is InChI=1S/C28H34N2O4Si/c1-20-26-24(17-21(18-32-2)29-28(26)31)27(30(20)19-33-15-16-35(3,4)5)23-13-9-10-14-25(23)34-22-11-7-6-8-12-22/h6-14,17H,15-16,18-19H2,1-5H3,(H,29,31). The van der Waals surface area contributed by atoms with Crippen LogP contribution in [0.3, 0.4) is 0 Å². The van der Waals surface area contributed by atoms with Crippen molar-refractivity contribution in [1.29, 1.82) is 0 Å². The van der Waals surface area contributed by atoms with Crippen molar-refractivity contribution in [3.8, 4) is 22.8 Å². The van der Waals surface area contributed by atoms with Crippen molar-refractivity contribution < 1.29 is 14.2 Å². The molecule has 184 valence electrons. The molecule has 0 aliphatic carbocycles. The molecule has 0 amide bonds. The maximum Gasteiger partial charge on any atom is 0.257 e. The Labute approximate surface area is 207 Å². The first-order valence-electron chi connectivity index (χ1n) is 11.9. The Balaban J connectivity index is 1.86. The number of H-pyrrole nitrogens is 1. The van der Waals surface area contributed by atoms with Crippen molar-refractivity contribution >= 4 is 18.8 Å². The molecular weight excluding hydrogens is 456 g/mol. The van der Waals surface area contributed by atoms with Crippen LogP contribution in [0.2, 0.25) is 25.7 Å². The van der Waals surface area contributed by atoms with E-state index in [0.717, 1.165) is 45.6 Å². The molecular formula is C28H34N2O4Si. The normalized spacial score (nSPS) is 11.8. The molecule has 0 aliphatic rings. The van der Waals surface area contributed by atoms with Gasteiger partial charge in [0.1, 0.15) is 18.2 Å². The van der Waals surface area contributed by atoms with E-state index < -0.39 is 8.07 Å². The van der Waals surface area contributed by atoms with Gasteiger partial charge < -0.3 is 23.8 Å². The quantitative estimate of drug-likeness (QED) is 0.202. The summed E-state index contributed by atoms with van der Waals surface area (Å²) >= 11 is 0. The first-order valence-corrected chi connectivity index (χ1v) is 15.6. The molecule has 1 N–H and O–H groups in total. The van der Waals surface area contributed by atoms with Crippen molar-refractivity contribution in [2.45, 2.75) is 45.9 Å². The number of para-hydroxylation sites is 2. The molecule has 0 saturated heterocycles.